The third-order valence-corrected chi connectivity index (χ3v) is 5.76. The number of halogens is 3. The van der Waals surface area contributed by atoms with E-state index in [-0.39, 0.29) is 5.91 Å². The third-order valence-electron chi connectivity index (χ3n) is 4.77. The van der Waals surface area contributed by atoms with E-state index in [2.05, 4.69) is 10.3 Å². The van der Waals surface area contributed by atoms with Crippen molar-refractivity contribution in [2.75, 3.05) is 0 Å². The van der Waals surface area contributed by atoms with Gasteiger partial charge in [0.25, 0.3) is 5.91 Å². The summed E-state index contributed by atoms with van der Waals surface area (Å²) < 4.78 is 41.3. The normalized spacial score (nSPS) is 11.7. The zero-order valence-corrected chi connectivity index (χ0v) is 16.8. The molecule has 1 aromatic carbocycles. The second-order valence-electron chi connectivity index (χ2n) is 6.96. The largest absolute Gasteiger partial charge is 0.416 e. The van der Waals surface area contributed by atoms with Crippen molar-refractivity contribution in [3.8, 4) is 0 Å². The monoisotopic (exact) mass is 429 g/mol. The summed E-state index contributed by atoms with van der Waals surface area (Å²) in [6.07, 6.45) is -1.05. The molecule has 0 radical (unpaired) electrons. The van der Waals surface area contributed by atoms with Gasteiger partial charge in [0.15, 0.2) is 0 Å². The minimum Gasteiger partial charge on any atom is -0.347 e. The van der Waals surface area contributed by atoms with Gasteiger partial charge in [-0.05, 0) is 54.4 Å². The minimum absolute atomic E-state index is 0.236. The number of nitrogens with one attached hydrogen (secondary N) is 1. The van der Waals surface area contributed by atoms with E-state index in [1.165, 1.54) is 12.1 Å². The van der Waals surface area contributed by atoms with Crippen molar-refractivity contribution in [1.82, 2.24) is 14.9 Å². The first-order chi connectivity index (χ1) is 14.3. The van der Waals surface area contributed by atoms with Crippen LogP contribution in [0.15, 0.2) is 60.9 Å². The van der Waals surface area contributed by atoms with Crippen LogP contribution in [0.4, 0.5) is 13.2 Å². The summed E-state index contributed by atoms with van der Waals surface area (Å²) in [5, 5.41) is 2.90. The molecule has 0 saturated heterocycles. The highest BCUT2D eigenvalue weighted by Crippen LogP contribution is 2.31. The molecule has 4 aromatic rings. The van der Waals surface area contributed by atoms with Gasteiger partial charge in [-0.15, -0.1) is 11.3 Å². The predicted octanol–water partition coefficient (Wildman–Crippen LogP) is 5.40. The van der Waals surface area contributed by atoms with Crippen molar-refractivity contribution in [2.45, 2.75) is 26.2 Å². The summed E-state index contributed by atoms with van der Waals surface area (Å²) in [7, 11) is 0. The average Bonchev–Trinajstić information content (AvgIpc) is 3.24. The topological polar surface area (TPSA) is 46.9 Å². The van der Waals surface area contributed by atoms with Crippen molar-refractivity contribution < 1.29 is 18.0 Å². The molecule has 3 heterocycles. The van der Waals surface area contributed by atoms with Crippen LogP contribution < -0.4 is 5.32 Å². The molecule has 4 nitrogen and oxygen atoms in total. The van der Waals surface area contributed by atoms with Gasteiger partial charge in [0.2, 0.25) is 0 Å². The number of nitrogens with zero attached hydrogens (tertiary/aromatic N) is 2. The number of aryl methyl sites for hydroxylation is 1. The van der Waals surface area contributed by atoms with Gasteiger partial charge in [0.1, 0.15) is 5.69 Å². The maximum atomic E-state index is 12.9. The number of alkyl halides is 3. The number of carbonyl (C=O) groups is 1. The number of hydrogen-bond acceptors (Lipinski definition) is 3. The Balaban J connectivity index is 1.62. The van der Waals surface area contributed by atoms with Crippen LogP contribution in [0, 0.1) is 6.92 Å². The molecule has 0 bridgehead atoms. The number of benzene rings is 1. The highest BCUT2D eigenvalue weighted by Gasteiger charge is 2.30. The lowest BCUT2D eigenvalue weighted by Gasteiger charge is -2.12. The van der Waals surface area contributed by atoms with Gasteiger partial charge in [0.05, 0.1) is 15.8 Å². The Kier molecular flexibility index (Phi) is 5.34. The van der Waals surface area contributed by atoms with Crippen LogP contribution >= 0.6 is 11.3 Å². The first-order valence-corrected chi connectivity index (χ1v) is 10.1. The molecule has 3 aromatic heterocycles. The smallest absolute Gasteiger partial charge is 0.347 e. The maximum Gasteiger partial charge on any atom is 0.416 e. The van der Waals surface area contributed by atoms with Crippen LogP contribution in [-0.2, 0) is 19.3 Å². The number of fused-ring (bicyclic) bond motifs is 1. The Morgan fingerprint density at radius 3 is 2.43 bits per heavy atom. The Morgan fingerprint density at radius 2 is 1.77 bits per heavy atom. The molecule has 30 heavy (non-hydrogen) atoms. The molecule has 0 spiro atoms. The van der Waals surface area contributed by atoms with E-state index in [1.807, 2.05) is 35.8 Å². The Labute approximate surface area is 175 Å². The van der Waals surface area contributed by atoms with Gasteiger partial charge in [-0.3, -0.25) is 9.78 Å². The van der Waals surface area contributed by atoms with Crippen LogP contribution in [0.2, 0.25) is 0 Å². The van der Waals surface area contributed by atoms with Crippen LogP contribution in [-0.4, -0.2) is 15.5 Å². The van der Waals surface area contributed by atoms with E-state index in [0.717, 1.165) is 32.8 Å². The lowest BCUT2D eigenvalue weighted by Crippen LogP contribution is -2.25. The average molecular weight is 429 g/mol. The summed E-state index contributed by atoms with van der Waals surface area (Å²) in [5.41, 5.74) is 2.30. The third kappa shape index (κ3) is 4.23. The lowest BCUT2D eigenvalue weighted by atomic mass is 10.1. The van der Waals surface area contributed by atoms with E-state index in [0.29, 0.717) is 24.3 Å². The van der Waals surface area contributed by atoms with Gasteiger partial charge in [-0.2, -0.15) is 13.2 Å². The van der Waals surface area contributed by atoms with Crippen molar-refractivity contribution >= 4 is 27.5 Å². The number of carbonyl (C=O) groups excluding carboxylic acids is 1. The highest BCUT2D eigenvalue weighted by atomic mass is 32.1. The summed E-state index contributed by atoms with van der Waals surface area (Å²) in [6.45, 7) is 2.64. The zero-order valence-electron chi connectivity index (χ0n) is 16.0. The number of amides is 1. The number of rotatable bonds is 5. The molecule has 0 unspecified atom stereocenters. The van der Waals surface area contributed by atoms with Crippen molar-refractivity contribution in [3.63, 3.8) is 0 Å². The second kappa shape index (κ2) is 7.95. The first-order valence-electron chi connectivity index (χ1n) is 9.24. The fraction of sp³-hybridized carbons (Fsp3) is 0.182. The number of pyridine rings is 1. The summed E-state index contributed by atoms with van der Waals surface area (Å²) in [5.74, 6) is -0.236. The lowest BCUT2D eigenvalue weighted by molar-refractivity contribution is -0.137. The van der Waals surface area contributed by atoms with Crippen molar-refractivity contribution in [3.05, 3.63) is 88.2 Å². The zero-order chi connectivity index (χ0) is 21.3. The SMILES string of the molecule is Cc1cc2c(cc(C(=O)NCc3ccncc3)n2Cc2ccc(C(F)(F)F)cc2)s1. The molecule has 8 heteroatoms. The first kappa shape index (κ1) is 20.2. The van der Waals surface area contributed by atoms with Crippen LogP contribution in [0.1, 0.15) is 32.1 Å². The van der Waals surface area contributed by atoms with Gasteiger partial charge >= 0.3 is 6.18 Å². The van der Waals surface area contributed by atoms with Crippen LogP contribution in [0.25, 0.3) is 10.2 Å². The molecule has 0 aliphatic rings. The van der Waals surface area contributed by atoms with Crippen LogP contribution in [0.5, 0.6) is 0 Å². The predicted molar refractivity (Wildman–Crippen MR) is 111 cm³/mol. The van der Waals surface area contributed by atoms with E-state index < -0.39 is 11.7 Å². The molecular weight excluding hydrogens is 411 g/mol. The van der Waals surface area contributed by atoms with Gasteiger partial charge in [-0.25, -0.2) is 0 Å². The summed E-state index contributed by atoms with van der Waals surface area (Å²) in [4.78, 5) is 17.9. The Hall–Kier alpha value is -3.13. The molecule has 1 N–H and O–H groups in total. The fourth-order valence-electron chi connectivity index (χ4n) is 3.28. The van der Waals surface area contributed by atoms with Crippen molar-refractivity contribution in [2.24, 2.45) is 0 Å². The number of hydrogen-bond donors (Lipinski definition) is 1. The minimum atomic E-state index is -4.37. The van der Waals surface area contributed by atoms with Gasteiger partial charge in [-0.1, -0.05) is 12.1 Å². The molecular formula is C22H18F3N3OS. The molecule has 0 aliphatic heterocycles. The van der Waals surface area contributed by atoms with Gasteiger partial charge < -0.3 is 9.88 Å². The van der Waals surface area contributed by atoms with Crippen molar-refractivity contribution in [1.29, 1.82) is 0 Å². The van der Waals surface area contributed by atoms with Crippen LogP contribution in [0.3, 0.4) is 0 Å². The summed E-state index contributed by atoms with van der Waals surface area (Å²) >= 11 is 1.58. The Bertz CT molecular complexity index is 1180. The van der Waals surface area contributed by atoms with Gasteiger partial charge in [0, 0.05) is 30.4 Å². The fourth-order valence-corrected chi connectivity index (χ4v) is 4.24. The van der Waals surface area contributed by atoms with E-state index >= 15 is 0 Å². The standard InChI is InChI=1S/C22H18F3N3OS/c1-14-10-18-20(30-14)11-19(21(29)27-12-15-6-8-26-9-7-15)28(18)13-16-2-4-17(5-3-16)22(23,24)25/h2-11H,12-13H2,1H3,(H,27,29). The van der Waals surface area contributed by atoms with E-state index in [4.69, 9.17) is 0 Å². The molecule has 0 saturated carbocycles. The highest BCUT2D eigenvalue weighted by molar-refractivity contribution is 7.19. The molecule has 4 rings (SSSR count). The molecule has 1 amide bonds. The number of thiophene rings is 1. The summed E-state index contributed by atoms with van der Waals surface area (Å²) in [6, 6.07) is 12.5. The quantitative estimate of drug-likeness (QED) is 0.462. The van der Waals surface area contributed by atoms with E-state index in [1.54, 1.807) is 23.7 Å². The molecule has 154 valence electrons. The molecule has 0 aliphatic carbocycles. The molecule has 0 fully saturated rings. The second-order valence-corrected chi connectivity index (χ2v) is 8.24. The molecule has 0 atom stereocenters. The number of aromatic nitrogens is 2. The van der Waals surface area contributed by atoms with E-state index in [9.17, 15) is 18.0 Å². The Morgan fingerprint density at radius 1 is 1.07 bits per heavy atom. The maximum absolute atomic E-state index is 12.9.